The highest BCUT2D eigenvalue weighted by Crippen LogP contribution is 2.49. The predicted molar refractivity (Wildman–Crippen MR) is 131 cm³/mol. The molecule has 8 heteroatoms. The molecule has 0 aromatic heterocycles. The molecule has 0 atom stereocenters. The van der Waals surface area contributed by atoms with Crippen molar-refractivity contribution in [1.29, 1.82) is 0 Å². The molecule has 0 spiro atoms. The maximum absolute atomic E-state index is 6.50. The summed E-state index contributed by atoms with van der Waals surface area (Å²) in [6, 6.07) is 16.9. The minimum Gasteiger partial charge on any atom is -0.444 e. The second-order valence-electron chi connectivity index (χ2n) is 7.88. The molecule has 0 aliphatic rings. The number of fused-ring (bicyclic) bond motifs is 2. The van der Waals surface area contributed by atoms with Crippen molar-refractivity contribution in [2.45, 2.75) is 0 Å². The summed E-state index contributed by atoms with van der Waals surface area (Å²) in [5.41, 5.74) is 0. The fourth-order valence-corrected chi connectivity index (χ4v) is 6.11. The first-order valence-corrected chi connectivity index (χ1v) is 12.1. The largest absolute Gasteiger partial charge is 0.444 e. The fourth-order valence-electron chi connectivity index (χ4n) is 3.36. The van der Waals surface area contributed by atoms with Crippen molar-refractivity contribution in [3.8, 4) is 11.5 Å². The lowest BCUT2D eigenvalue weighted by atomic mass is 10.0. The van der Waals surface area contributed by atoms with Crippen LogP contribution in [0.5, 0.6) is 11.5 Å². The number of nitrogens with zero attached hydrogens (tertiary/aromatic N) is 4. The van der Waals surface area contributed by atoms with E-state index in [1.165, 1.54) is 10.8 Å². The van der Waals surface area contributed by atoms with Crippen LogP contribution in [0.2, 0.25) is 0 Å². The van der Waals surface area contributed by atoms with Crippen molar-refractivity contribution in [2.75, 3.05) is 56.4 Å². The Morgan fingerprint density at radius 3 is 1.17 bits per heavy atom. The normalized spacial score (nSPS) is 12.5. The smallest absolute Gasteiger partial charge is 0.247 e. The summed E-state index contributed by atoms with van der Waals surface area (Å²) in [5.74, 6) is 1.74. The van der Waals surface area contributed by atoms with E-state index in [2.05, 4.69) is 55.1 Å². The van der Waals surface area contributed by atoms with E-state index in [9.17, 15) is 0 Å². The van der Waals surface area contributed by atoms with E-state index in [0.717, 1.165) is 22.3 Å². The quantitative estimate of drug-likeness (QED) is 0.338. The van der Waals surface area contributed by atoms with Gasteiger partial charge in [-0.25, -0.2) is 18.7 Å². The van der Waals surface area contributed by atoms with E-state index in [1.54, 1.807) is 0 Å². The van der Waals surface area contributed by atoms with Crippen LogP contribution in [0, 0.1) is 0 Å². The highest BCUT2D eigenvalue weighted by atomic mass is 31.2. The molecule has 0 saturated heterocycles. The Labute approximate surface area is 182 Å². The molecule has 162 valence electrons. The number of hydrogen-bond acceptors (Lipinski definition) is 6. The molecule has 0 radical (unpaired) electrons. The van der Waals surface area contributed by atoms with Gasteiger partial charge in [-0.15, -0.1) is 0 Å². The van der Waals surface area contributed by atoms with Gasteiger partial charge in [0.25, 0.3) is 0 Å². The molecule has 6 nitrogen and oxygen atoms in total. The summed E-state index contributed by atoms with van der Waals surface area (Å²) in [4.78, 5) is 0. The summed E-state index contributed by atoms with van der Waals surface area (Å²) in [6.45, 7) is 0. The first-order chi connectivity index (χ1) is 14.2. The topological polar surface area (TPSA) is 31.4 Å². The molecule has 0 aliphatic heterocycles. The van der Waals surface area contributed by atoms with Crippen LogP contribution in [0.1, 0.15) is 0 Å². The first-order valence-electron chi connectivity index (χ1n) is 9.79. The van der Waals surface area contributed by atoms with Crippen LogP contribution in [0.3, 0.4) is 0 Å². The summed E-state index contributed by atoms with van der Waals surface area (Å²) in [7, 11) is 14.5. The lowest BCUT2D eigenvalue weighted by molar-refractivity contribution is 0.451. The SMILES string of the molecule is CN(C)P(Oc1ccc(OP(N(C)C)N(C)C)c2cc3ccccc3cc12)N(C)C. The number of hydrogen-bond donors (Lipinski definition) is 0. The Morgan fingerprint density at radius 2 is 0.867 bits per heavy atom. The second kappa shape index (κ2) is 9.74. The fraction of sp³-hybridized carbons (Fsp3) is 0.364. The molecule has 3 aromatic rings. The summed E-state index contributed by atoms with van der Waals surface area (Å²) < 4.78 is 21.5. The molecular formula is C22H32N4O2P2. The second-order valence-corrected chi connectivity index (χ2v) is 12.5. The lowest BCUT2D eigenvalue weighted by Crippen LogP contribution is -2.20. The standard InChI is InChI=1S/C22H32N4O2P2/c1-23(2)29(24(3)4)27-21-13-14-22(28-30(25(5)6)26(7)8)20-16-18-12-10-9-11-17(18)15-19(20)21/h9-16H,1-8H3. The molecule has 0 bridgehead atoms. The van der Waals surface area contributed by atoms with E-state index < -0.39 is 16.9 Å². The molecule has 3 rings (SSSR count). The predicted octanol–water partition coefficient (Wildman–Crippen LogP) is 5.45. The molecule has 30 heavy (non-hydrogen) atoms. The molecular weight excluding hydrogens is 414 g/mol. The van der Waals surface area contributed by atoms with Gasteiger partial charge in [-0.1, -0.05) is 24.3 Å². The van der Waals surface area contributed by atoms with Gasteiger partial charge in [-0.05, 0) is 91.4 Å². The Balaban J connectivity index is 2.16. The van der Waals surface area contributed by atoms with E-state index in [0.29, 0.717) is 0 Å². The van der Waals surface area contributed by atoms with Crippen LogP contribution in [0.25, 0.3) is 21.5 Å². The maximum atomic E-state index is 6.50. The average molecular weight is 446 g/mol. The lowest BCUT2D eigenvalue weighted by Gasteiger charge is -2.30. The van der Waals surface area contributed by atoms with Gasteiger partial charge in [-0.3, -0.25) is 0 Å². The van der Waals surface area contributed by atoms with Gasteiger partial charge in [0.05, 0.1) is 0 Å². The highest BCUT2D eigenvalue weighted by Gasteiger charge is 2.22. The number of rotatable bonds is 8. The van der Waals surface area contributed by atoms with Gasteiger partial charge in [-0.2, -0.15) is 0 Å². The highest BCUT2D eigenvalue weighted by molar-refractivity contribution is 7.48. The Kier molecular flexibility index (Phi) is 7.52. The van der Waals surface area contributed by atoms with Crippen LogP contribution >= 0.6 is 16.9 Å². The molecule has 0 unspecified atom stereocenters. The van der Waals surface area contributed by atoms with Crippen LogP contribution in [0.4, 0.5) is 0 Å². The van der Waals surface area contributed by atoms with Crippen molar-refractivity contribution < 1.29 is 9.05 Å². The van der Waals surface area contributed by atoms with Gasteiger partial charge < -0.3 is 9.05 Å². The van der Waals surface area contributed by atoms with Crippen LogP contribution in [-0.4, -0.2) is 75.1 Å². The Morgan fingerprint density at radius 1 is 0.533 bits per heavy atom. The summed E-state index contributed by atoms with van der Waals surface area (Å²) in [5, 5.41) is 4.51. The molecule has 0 N–H and O–H groups in total. The molecule has 0 fully saturated rings. The van der Waals surface area contributed by atoms with Gasteiger partial charge in [0, 0.05) is 10.8 Å². The van der Waals surface area contributed by atoms with Crippen molar-refractivity contribution in [2.24, 2.45) is 0 Å². The third-order valence-electron chi connectivity index (χ3n) is 4.53. The van der Waals surface area contributed by atoms with Gasteiger partial charge in [0.2, 0.25) is 16.9 Å². The molecule has 0 heterocycles. The minimum atomic E-state index is -0.905. The van der Waals surface area contributed by atoms with Gasteiger partial charge in [0.15, 0.2) is 0 Å². The van der Waals surface area contributed by atoms with Crippen molar-refractivity contribution in [1.82, 2.24) is 18.7 Å². The zero-order valence-corrected chi connectivity index (χ0v) is 20.9. The maximum Gasteiger partial charge on any atom is 0.247 e. The molecule has 0 saturated carbocycles. The van der Waals surface area contributed by atoms with Crippen molar-refractivity contribution >= 4 is 38.4 Å². The van der Waals surface area contributed by atoms with Crippen molar-refractivity contribution in [3.05, 3.63) is 48.5 Å². The molecule has 3 aromatic carbocycles. The Bertz CT molecular complexity index is 915. The number of benzene rings is 3. The minimum absolute atomic E-state index is 0.871. The van der Waals surface area contributed by atoms with Gasteiger partial charge in [0.1, 0.15) is 11.5 Å². The van der Waals surface area contributed by atoms with Crippen LogP contribution < -0.4 is 9.05 Å². The first kappa shape index (κ1) is 23.1. The van der Waals surface area contributed by atoms with Crippen molar-refractivity contribution in [3.63, 3.8) is 0 Å². The molecule has 0 amide bonds. The Hall–Kier alpha value is -1.52. The average Bonchev–Trinajstić information content (AvgIpc) is 2.68. The summed E-state index contributed by atoms with van der Waals surface area (Å²) in [6.07, 6.45) is 0. The monoisotopic (exact) mass is 446 g/mol. The summed E-state index contributed by atoms with van der Waals surface area (Å²) >= 11 is 0. The van der Waals surface area contributed by atoms with E-state index in [1.807, 2.05) is 68.5 Å². The molecule has 0 aliphatic carbocycles. The van der Waals surface area contributed by atoms with Crippen LogP contribution in [0.15, 0.2) is 48.5 Å². The van der Waals surface area contributed by atoms with E-state index in [-0.39, 0.29) is 0 Å². The third-order valence-corrected chi connectivity index (χ3v) is 7.99. The van der Waals surface area contributed by atoms with E-state index in [4.69, 9.17) is 9.05 Å². The van der Waals surface area contributed by atoms with Crippen LogP contribution in [-0.2, 0) is 0 Å². The van der Waals surface area contributed by atoms with Gasteiger partial charge >= 0.3 is 0 Å². The zero-order valence-electron chi connectivity index (χ0n) is 19.1. The third kappa shape index (κ3) is 5.03. The van der Waals surface area contributed by atoms with E-state index >= 15 is 0 Å². The zero-order chi connectivity index (χ0) is 22.0.